The highest BCUT2D eigenvalue weighted by Crippen LogP contribution is 2.25. The SMILES string of the molecule is CC(C)(C)C(Cc1ccccc1Cl)NN. The van der Waals surface area contributed by atoms with Crippen molar-refractivity contribution < 1.29 is 0 Å². The minimum absolute atomic E-state index is 0.119. The summed E-state index contributed by atoms with van der Waals surface area (Å²) in [6.45, 7) is 6.48. The van der Waals surface area contributed by atoms with Gasteiger partial charge < -0.3 is 0 Å². The van der Waals surface area contributed by atoms with Crippen LogP contribution in [0.3, 0.4) is 0 Å². The fraction of sp³-hybridized carbons (Fsp3) is 0.500. The van der Waals surface area contributed by atoms with Gasteiger partial charge in [0.2, 0.25) is 0 Å². The van der Waals surface area contributed by atoms with Crippen LogP contribution in [0.5, 0.6) is 0 Å². The van der Waals surface area contributed by atoms with Gasteiger partial charge in [0.1, 0.15) is 0 Å². The van der Waals surface area contributed by atoms with Crippen LogP contribution in [-0.2, 0) is 6.42 Å². The zero-order valence-corrected chi connectivity index (χ0v) is 10.3. The highest BCUT2D eigenvalue weighted by atomic mass is 35.5. The quantitative estimate of drug-likeness (QED) is 0.615. The number of benzene rings is 1. The zero-order valence-electron chi connectivity index (χ0n) is 9.55. The molecular weight excluding hydrogens is 208 g/mol. The molecule has 84 valence electrons. The van der Waals surface area contributed by atoms with Gasteiger partial charge in [-0.05, 0) is 23.5 Å². The van der Waals surface area contributed by atoms with E-state index in [-0.39, 0.29) is 11.5 Å². The number of hydrogen-bond donors (Lipinski definition) is 2. The molecule has 0 aromatic heterocycles. The Labute approximate surface area is 96.8 Å². The van der Waals surface area contributed by atoms with Gasteiger partial charge in [0.15, 0.2) is 0 Å². The van der Waals surface area contributed by atoms with Crippen molar-refractivity contribution in [2.45, 2.75) is 33.2 Å². The fourth-order valence-electron chi connectivity index (χ4n) is 1.50. The van der Waals surface area contributed by atoms with Crippen LogP contribution >= 0.6 is 11.6 Å². The van der Waals surface area contributed by atoms with Crippen molar-refractivity contribution in [3.05, 3.63) is 34.9 Å². The summed E-state index contributed by atoms with van der Waals surface area (Å²) in [5.41, 5.74) is 4.11. The molecule has 1 unspecified atom stereocenters. The summed E-state index contributed by atoms with van der Waals surface area (Å²) in [7, 11) is 0. The third-order valence-electron chi connectivity index (χ3n) is 2.63. The molecule has 0 radical (unpaired) electrons. The molecule has 1 aromatic rings. The molecule has 0 aliphatic heterocycles. The van der Waals surface area contributed by atoms with Gasteiger partial charge in [-0.15, -0.1) is 0 Å². The van der Waals surface area contributed by atoms with Crippen LogP contribution in [0.4, 0.5) is 0 Å². The van der Waals surface area contributed by atoms with Gasteiger partial charge in [0.05, 0.1) is 0 Å². The van der Waals surface area contributed by atoms with E-state index in [0.717, 1.165) is 17.0 Å². The molecule has 2 nitrogen and oxygen atoms in total. The Morgan fingerprint density at radius 1 is 1.33 bits per heavy atom. The van der Waals surface area contributed by atoms with E-state index in [4.69, 9.17) is 17.4 Å². The van der Waals surface area contributed by atoms with Crippen LogP contribution in [0.2, 0.25) is 5.02 Å². The van der Waals surface area contributed by atoms with E-state index >= 15 is 0 Å². The molecule has 1 rings (SSSR count). The van der Waals surface area contributed by atoms with E-state index in [2.05, 4.69) is 26.2 Å². The lowest BCUT2D eigenvalue weighted by Crippen LogP contribution is -2.45. The lowest BCUT2D eigenvalue weighted by molar-refractivity contribution is 0.269. The summed E-state index contributed by atoms with van der Waals surface area (Å²) >= 11 is 6.11. The van der Waals surface area contributed by atoms with Crippen LogP contribution in [0.1, 0.15) is 26.3 Å². The topological polar surface area (TPSA) is 38.0 Å². The molecule has 0 heterocycles. The Morgan fingerprint density at radius 2 is 1.93 bits per heavy atom. The predicted octanol–water partition coefficient (Wildman–Crippen LogP) is 2.76. The second kappa shape index (κ2) is 4.97. The highest BCUT2D eigenvalue weighted by Gasteiger charge is 2.24. The number of nitrogens with one attached hydrogen (secondary N) is 1. The minimum Gasteiger partial charge on any atom is -0.271 e. The van der Waals surface area contributed by atoms with E-state index in [9.17, 15) is 0 Å². The van der Waals surface area contributed by atoms with Crippen LogP contribution in [-0.4, -0.2) is 6.04 Å². The van der Waals surface area contributed by atoms with Crippen molar-refractivity contribution in [3.8, 4) is 0 Å². The zero-order chi connectivity index (χ0) is 11.5. The number of halogens is 1. The lowest BCUT2D eigenvalue weighted by atomic mass is 9.83. The average molecular weight is 227 g/mol. The van der Waals surface area contributed by atoms with Crippen LogP contribution in [0.25, 0.3) is 0 Å². The van der Waals surface area contributed by atoms with Gasteiger partial charge in [-0.25, -0.2) is 0 Å². The largest absolute Gasteiger partial charge is 0.271 e. The van der Waals surface area contributed by atoms with E-state index in [0.29, 0.717) is 0 Å². The number of rotatable bonds is 3. The molecule has 0 amide bonds. The molecule has 0 saturated heterocycles. The van der Waals surface area contributed by atoms with Gasteiger partial charge in [0, 0.05) is 11.1 Å². The summed E-state index contributed by atoms with van der Waals surface area (Å²) < 4.78 is 0. The first kappa shape index (κ1) is 12.5. The van der Waals surface area contributed by atoms with E-state index in [1.54, 1.807) is 0 Å². The maximum absolute atomic E-state index is 6.11. The van der Waals surface area contributed by atoms with Gasteiger partial charge >= 0.3 is 0 Å². The normalized spacial score (nSPS) is 13.9. The number of nitrogens with two attached hydrogens (primary N) is 1. The standard InChI is InChI=1S/C12H19ClN2/c1-12(2,3)11(15-14)8-9-6-4-5-7-10(9)13/h4-7,11,15H,8,14H2,1-3H3. The molecule has 0 fully saturated rings. The van der Waals surface area contributed by atoms with Crippen LogP contribution < -0.4 is 11.3 Å². The van der Waals surface area contributed by atoms with Gasteiger partial charge in [-0.1, -0.05) is 50.6 Å². The molecule has 0 bridgehead atoms. The minimum atomic E-state index is 0.119. The molecule has 0 spiro atoms. The molecule has 3 heteroatoms. The van der Waals surface area contributed by atoms with Crippen molar-refractivity contribution in [2.75, 3.05) is 0 Å². The summed E-state index contributed by atoms with van der Waals surface area (Å²) in [6.07, 6.45) is 0.847. The van der Waals surface area contributed by atoms with E-state index in [1.165, 1.54) is 0 Å². The molecule has 0 aliphatic rings. The number of hydrogen-bond acceptors (Lipinski definition) is 2. The van der Waals surface area contributed by atoms with Gasteiger partial charge in [-0.3, -0.25) is 11.3 Å². The van der Waals surface area contributed by atoms with Crippen molar-refractivity contribution in [1.82, 2.24) is 5.43 Å². The van der Waals surface area contributed by atoms with Crippen molar-refractivity contribution in [3.63, 3.8) is 0 Å². The first-order valence-electron chi connectivity index (χ1n) is 5.14. The van der Waals surface area contributed by atoms with Crippen molar-refractivity contribution in [1.29, 1.82) is 0 Å². The first-order valence-corrected chi connectivity index (χ1v) is 5.52. The Morgan fingerprint density at radius 3 is 2.40 bits per heavy atom. The molecule has 1 aromatic carbocycles. The molecule has 0 aliphatic carbocycles. The van der Waals surface area contributed by atoms with Crippen LogP contribution in [0, 0.1) is 5.41 Å². The second-order valence-electron chi connectivity index (χ2n) is 4.88. The summed E-state index contributed by atoms with van der Waals surface area (Å²) in [4.78, 5) is 0. The maximum atomic E-state index is 6.11. The monoisotopic (exact) mass is 226 g/mol. The Kier molecular flexibility index (Phi) is 4.14. The van der Waals surface area contributed by atoms with Crippen molar-refractivity contribution in [2.24, 2.45) is 11.3 Å². The van der Waals surface area contributed by atoms with Gasteiger partial charge in [-0.2, -0.15) is 0 Å². The van der Waals surface area contributed by atoms with Crippen LogP contribution in [0.15, 0.2) is 24.3 Å². The number of hydrazine groups is 1. The lowest BCUT2D eigenvalue weighted by Gasteiger charge is -2.30. The smallest absolute Gasteiger partial charge is 0.0438 e. The molecular formula is C12H19ClN2. The Hall–Kier alpha value is -0.570. The summed E-state index contributed by atoms with van der Waals surface area (Å²) in [5, 5.41) is 0.807. The average Bonchev–Trinajstić information content (AvgIpc) is 2.14. The summed E-state index contributed by atoms with van der Waals surface area (Å²) in [6, 6.07) is 8.11. The molecule has 0 saturated carbocycles. The first-order chi connectivity index (χ1) is 6.95. The highest BCUT2D eigenvalue weighted by molar-refractivity contribution is 6.31. The molecule has 15 heavy (non-hydrogen) atoms. The Bertz CT molecular complexity index is 318. The van der Waals surface area contributed by atoms with Crippen molar-refractivity contribution >= 4 is 11.6 Å². The molecule has 3 N–H and O–H groups in total. The van der Waals surface area contributed by atoms with Gasteiger partial charge in [0.25, 0.3) is 0 Å². The molecule has 1 atom stereocenters. The van der Waals surface area contributed by atoms with E-state index in [1.807, 2.05) is 24.3 Å². The summed E-state index contributed by atoms with van der Waals surface area (Å²) in [5.74, 6) is 5.56. The second-order valence-corrected chi connectivity index (χ2v) is 5.29. The maximum Gasteiger partial charge on any atom is 0.0438 e. The Balaban J connectivity index is 2.80. The third-order valence-corrected chi connectivity index (χ3v) is 3.00. The fourth-order valence-corrected chi connectivity index (χ4v) is 1.71. The third kappa shape index (κ3) is 3.49. The predicted molar refractivity (Wildman–Crippen MR) is 65.7 cm³/mol. The van der Waals surface area contributed by atoms with E-state index < -0.39 is 0 Å².